The van der Waals surface area contributed by atoms with Crippen LogP contribution in [0.1, 0.15) is 16.8 Å². The van der Waals surface area contributed by atoms with Gasteiger partial charge in [-0.25, -0.2) is 0 Å². The second kappa shape index (κ2) is 4.53. The molecule has 18 heavy (non-hydrogen) atoms. The van der Waals surface area contributed by atoms with Crippen molar-refractivity contribution in [2.75, 3.05) is 6.61 Å². The highest BCUT2D eigenvalue weighted by atomic mass is 16.5. The SMILES string of the molecule is O=C1CCOc2c(Oc3ccccc3)cccc21. The lowest BCUT2D eigenvalue weighted by Crippen LogP contribution is -2.15. The molecule has 0 N–H and O–H groups in total. The zero-order valence-electron chi connectivity index (χ0n) is 9.76. The molecule has 0 radical (unpaired) electrons. The number of ether oxygens (including phenoxy) is 2. The van der Waals surface area contributed by atoms with E-state index >= 15 is 0 Å². The number of ketones is 1. The van der Waals surface area contributed by atoms with E-state index in [-0.39, 0.29) is 5.78 Å². The van der Waals surface area contributed by atoms with Gasteiger partial charge in [-0.15, -0.1) is 0 Å². The van der Waals surface area contributed by atoms with Gasteiger partial charge in [-0.3, -0.25) is 4.79 Å². The van der Waals surface area contributed by atoms with Crippen LogP contribution in [-0.4, -0.2) is 12.4 Å². The number of rotatable bonds is 2. The van der Waals surface area contributed by atoms with E-state index in [1.807, 2.05) is 42.5 Å². The lowest BCUT2D eigenvalue weighted by atomic mass is 10.0. The molecule has 0 unspecified atom stereocenters. The lowest BCUT2D eigenvalue weighted by Gasteiger charge is -2.19. The lowest BCUT2D eigenvalue weighted by molar-refractivity contribution is 0.0931. The summed E-state index contributed by atoms with van der Waals surface area (Å²) in [5.41, 5.74) is 0.606. The van der Waals surface area contributed by atoms with Gasteiger partial charge in [0.1, 0.15) is 5.75 Å². The van der Waals surface area contributed by atoms with Crippen molar-refractivity contribution in [2.45, 2.75) is 6.42 Å². The van der Waals surface area contributed by atoms with Crippen LogP contribution in [0.5, 0.6) is 17.2 Å². The van der Waals surface area contributed by atoms with Crippen LogP contribution in [0.15, 0.2) is 48.5 Å². The van der Waals surface area contributed by atoms with Crippen molar-refractivity contribution < 1.29 is 14.3 Å². The second-order valence-corrected chi connectivity index (χ2v) is 4.07. The first kappa shape index (κ1) is 10.8. The Balaban J connectivity index is 1.98. The first-order valence-corrected chi connectivity index (χ1v) is 5.86. The number of hydrogen-bond acceptors (Lipinski definition) is 3. The zero-order chi connectivity index (χ0) is 12.4. The fourth-order valence-corrected chi connectivity index (χ4v) is 1.96. The molecule has 90 valence electrons. The molecule has 0 atom stereocenters. The first-order valence-electron chi connectivity index (χ1n) is 5.86. The number of benzene rings is 2. The van der Waals surface area contributed by atoms with Crippen LogP contribution < -0.4 is 9.47 Å². The summed E-state index contributed by atoms with van der Waals surface area (Å²) in [5, 5.41) is 0. The molecule has 2 aromatic rings. The summed E-state index contributed by atoms with van der Waals surface area (Å²) in [6.45, 7) is 0.418. The Hall–Kier alpha value is -2.29. The summed E-state index contributed by atoms with van der Waals surface area (Å²) in [4.78, 5) is 11.8. The van der Waals surface area contributed by atoms with E-state index in [1.54, 1.807) is 6.07 Å². The molecule has 0 saturated carbocycles. The number of hydrogen-bond donors (Lipinski definition) is 0. The summed E-state index contributed by atoms with van der Waals surface area (Å²) >= 11 is 0. The van der Waals surface area contributed by atoms with Gasteiger partial charge in [0.25, 0.3) is 0 Å². The van der Waals surface area contributed by atoms with Gasteiger partial charge >= 0.3 is 0 Å². The number of Topliss-reactive ketones (excluding diaryl/α,β-unsaturated/α-hetero) is 1. The molecular formula is C15H12O3. The molecule has 1 heterocycles. The van der Waals surface area contributed by atoms with Crippen LogP contribution in [0.25, 0.3) is 0 Å². The van der Waals surface area contributed by atoms with Crippen LogP contribution in [0.4, 0.5) is 0 Å². The Morgan fingerprint density at radius 1 is 1.00 bits per heavy atom. The van der Waals surface area contributed by atoms with Gasteiger partial charge in [0, 0.05) is 6.42 Å². The Labute approximate surface area is 105 Å². The maximum Gasteiger partial charge on any atom is 0.172 e. The molecule has 2 aromatic carbocycles. The average molecular weight is 240 g/mol. The number of carbonyl (C=O) groups is 1. The minimum atomic E-state index is 0.106. The highest BCUT2D eigenvalue weighted by Crippen LogP contribution is 2.37. The molecule has 0 bridgehead atoms. The van der Waals surface area contributed by atoms with Crippen molar-refractivity contribution in [1.29, 1.82) is 0 Å². The summed E-state index contributed by atoms with van der Waals surface area (Å²) in [5.74, 6) is 1.98. The smallest absolute Gasteiger partial charge is 0.172 e. The average Bonchev–Trinajstić information content (AvgIpc) is 2.41. The number of carbonyl (C=O) groups excluding carboxylic acids is 1. The minimum absolute atomic E-state index is 0.106. The highest BCUT2D eigenvalue weighted by Gasteiger charge is 2.22. The second-order valence-electron chi connectivity index (χ2n) is 4.07. The molecule has 1 aliphatic heterocycles. The van der Waals surface area contributed by atoms with E-state index in [9.17, 15) is 4.79 Å². The van der Waals surface area contributed by atoms with E-state index < -0.39 is 0 Å². The van der Waals surface area contributed by atoms with E-state index in [0.717, 1.165) is 5.75 Å². The first-order chi connectivity index (χ1) is 8.84. The molecule has 0 saturated heterocycles. The Bertz CT molecular complexity index is 576. The fourth-order valence-electron chi connectivity index (χ4n) is 1.96. The van der Waals surface area contributed by atoms with Crippen molar-refractivity contribution in [3.63, 3.8) is 0 Å². The number of fused-ring (bicyclic) bond motifs is 1. The van der Waals surface area contributed by atoms with Crippen molar-refractivity contribution in [2.24, 2.45) is 0 Å². The quantitative estimate of drug-likeness (QED) is 0.806. The van der Waals surface area contributed by atoms with Crippen molar-refractivity contribution >= 4 is 5.78 Å². The highest BCUT2D eigenvalue weighted by molar-refractivity contribution is 6.00. The Morgan fingerprint density at radius 2 is 1.83 bits per heavy atom. The van der Waals surface area contributed by atoms with Crippen LogP contribution in [0.2, 0.25) is 0 Å². The van der Waals surface area contributed by atoms with Crippen molar-refractivity contribution in [1.82, 2.24) is 0 Å². The predicted molar refractivity (Wildman–Crippen MR) is 67.4 cm³/mol. The third kappa shape index (κ3) is 1.95. The van der Waals surface area contributed by atoms with Gasteiger partial charge in [-0.05, 0) is 24.3 Å². The zero-order valence-corrected chi connectivity index (χ0v) is 9.76. The number of para-hydroxylation sites is 2. The van der Waals surface area contributed by atoms with Gasteiger partial charge < -0.3 is 9.47 Å². The normalized spacial score (nSPS) is 13.7. The van der Waals surface area contributed by atoms with Crippen LogP contribution in [-0.2, 0) is 0 Å². The van der Waals surface area contributed by atoms with Gasteiger partial charge in [0.2, 0.25) is 0 Å². The van der Waals surface area contributed by atoms with E-state index in [4.69, 9.17) is 9.47 Å². The van der Waals surface area contributed by atoms with Gasteiger partial charge in [-0.1, -0.05) is 24.3 Å². The van der Waals surface area contributed by atoms with Crippen molar-refractivity contribution in [3.8, 4) is 17.2 Å². The van der Waals surface area contributed by atoms with E-state index in [2.05, 4.69) is 0 Å². The molecule has 0 amide bonds. The summed E-state index contributed by atoms with van der Waals surface area (Å²) < 4.78 is 11.3. The molecule has 0 spiro atoms. The molecule has 3 nitrogen and oxygen atoms in total. The molecule has 0 aromatic heterocycles. The van der Waals surface area contributed by atoms with Crippen LogP contribution >= 0.6 is 0 Å². The maximum atomic E-state index is 11.8. The minimum Gasteiger partial charge on any atom is -0.488 e. The van der Waals surface area contributed by atoms with Crippen LogP contribution in [0.3, 0.4) is 0 Å². The van der Waals surface area contributed by atoms with Crippen molar-refractivity contribution in [3.05, 3.63) is 54.1 Å². The summed E-state index contributed by atoms with van der Waals surface area (Å²) in [6, 6.07) is 14.8. The van der Waals surface area contributed by atoms with Crippen LogP contribution in [0, 0.1) is 0 Å². The molecule has 1 aliphatic rings. The third-order valence-corrected chi connectivity index (χ3v) is 2.83. The molecule has 0 aliphatic carbocycles. The molecule has 3 rings (SSSR count). The molecular weight excluding hydrogens is 228 g/mol. The predicted octanol–water partition coefficient (Wildman–Crippen LogP) is 3.44. The molecule has 0 fully saturated rings. The standard InChI is InChI=1S/C15H12O3/c16-13-9-10-17-15-12(13)7-4-8-14(15)18-11-5-2-1-3-6-11/h1-8H,9-10H2. The summed E-state index contributed by atoms with van der Waals surface area (Å²) in [7, 11) is 0. The largest absolute Gasteiger partial charge is 0.488 e. The topological polar surface area (TPSA) is 35.5 Å². The van der Waals surface area contributed by atoms with E-state index in [1.165, 1.54) is 0 Å². The fraction of sp³-hybridized carbons (Fsp3) is 0.133. The van der Waals surface area contributed by atoms with Gasteiger partial charge in [0.05, 0.1) is 12.2 Å². The molecule has 3 heteroatoms. The Kier molecular flexibility index (Phi) is 2.73. The van der Waals surface area contributed by atoms with Gasteiger partial charge in [0.15, 0.2) is 17.3 Å². The monoisotopic (exact) mass is 240 g/mol. The van der Waals surface area contributed by atoms with E-state index in [0.29, 0.717) is 30.1 Å². The summed E-state index contributed by atoms with van der Waals surface area (Å²) in [6.07, 6.45) is 0.432. The van der Waals surface area contributed by atoms with Gasteiger partial charge in [-0.2, -0.15) is 0 Å². The maximum absolute atomic E-state index is 11.8. The Morgan fingerprint density at radius 3 is 2.67 bits per heavy atom. The third-order valence-electron chi connectivity index (χ3n) is 2.83.